The molecule has 0 amide bonds. The van der Waals surface area contributed by atoms with Crippen molar-refractivity contribution in [2.45, 2.75) is 31.7 Å². The van der Waals surface area contributed by atoms with Gasteiger partial charge in [0.15, 0.2) is 5.82 Å². The molecule has 0 spiro atoms. The zero-order chi connectivity index (χ0) is 12.3. The fourth-order valence-electron chi connectivity index (χ4n) is 2.41. The molecule has 1 aromatic rings. The SMILES string of the molecule is Cn1ccnc(N2CCCC2CCCBr)c1=O. The number of alkyl halides is 1. The van der Waals surface area contributed by atoms with Crippen LogP contribution in [0.1, 0.15) is 25.7 Å². The predicted molar refractivity (Wildman–Crippen MR) is 72.9 cm³/mol. The normalized spacial score (nSPS) is 19.9. The number of anilines is 1. The van der Waals surface area contributed by atoms with E-state index in [1.165, 1.54) is 6.42 Å². The molecule has 1 fully saturated rings. The highest BCUT2D eigenvalue weighted by Gasteiger charge is 2.27. The molecule has 1 atom stereocenters. The number of hydrogen-bond acceptors (Lipinski definition) is 3. The minimum Gasteiger partial charge on any atom is -0.349 e. The van der Waals surface area contributed by atoms with Crippen molar-refractivity contribution in [3.05, 3.63) is 22.7 Å². The zero-order valence-corrected chi connectivity index (χ0v) is 11.7. The van der Waals surface area contributed by atoms with Crippen molar-refractivity contribution in [1.82, 2.24) is 9.55 Å². The molecule has 94 valence electrons. The molecule has 0 aromatic carbocycles. The Balaban J connectivity index is 2.20. The van der Waals surface area contributed by atoms with Crippen LogP contribution in [0.5, 0.6) is 0 Å². The second kappa shape index (κ2) is 5.67. The van der Waals surface area contributed by atoms with Gasteiger partial charge in [0.1, 0.15) is 0 Å². The second-order valence-electron chi connectivity index (χ2n) is 4.49. The molecule has 1 aliphatic rings. The maximum atomic E-state index is 12.0. The molecule has 0 radical (unpaired) electrons. The first kappa shape index (κ1) is 12.6. The maximum absolute atomic E-state index is 12.0. The molecule has 2 rings (SSSR count). The molecule has 1 saturated heterocycles. The van der Waals surface area contributed by atoms with E-state index < -0.39 is 0 Å². The molecule has 17 heavy (non-hydrogen) atoms. The highest BCUT2D eigenvalue weighted by molar-refractivity contribution is 9.09. The first-order valence-corrected chi connectivity index (χ1v) is 7.20. The molecule has 5 heteroatoms. The highest BCUT2D eigenvalue weighted by atomic mass is 79.9. The van der Waals surface area contributed by atoms with Crippen LogP contribution in [0.2, 0.25) is 0 Å². The van der Waals surface area contributed by atoms with Gasteiger partial charge in [-0.25, -0.2) is 4.98 Å². The fourth-order valence-corrected chi connectivity index (χ4v) is 2.73. The lowest BCUT2D eigenvalue weighted by Gasteiger charge is -2.25. The lowest BCUT2D eigenvalue weighted by molar-refractivity contribution is 0.596. The van der Waals surface area contributed by atoms with Gasteiger partial charge in [-0.15, -0.1) is 0 Å². The van der Waals surface area contributed by atoms with Crippen LogP contribution < -0.4 is 10.5 Å². The minimum atomic E-state index is 0.0123. The van der Waals surface area contributed by atoms with E-state index in [0.717, 1.165) is 31.1 Å². The lowest BCUT2D eigenvalue weighted by atomic mass is 10.1. The van der Waals surface area contributed by atoms with E-state index >= 15 is 0 Å². The number of aryl methyl sites for hydroxylation is 1. The Kier molecular flexibility index (Phi) is 4.20. The van der Waals surface area contributed by atoms with Gasteiger partial charge in [-0.3, -0.25) is 4.79 Å². The third-order valence-corrected chi connectivity index (χ3v) is 3.88. The quantitative estimate of drug-likeness (QED) is 0.797. The molecule has 4 nitrogen and oxygen atoms in total. The van der Waals surface area contributed by atoms with E-state index in [1.807, 2.05) is 0 Å². The molecule has 0 aliphatic carbocycles. The largest absolute Gasteiger partial charge is 0.349 e. The van der Waals surface area contributed by atoms with Crippen LogP contribution in [-0.2, 0) is 7.05 Å². The van der Waals surface area contributed by atoms with Crippen LogP contribution in [0.25, 0.3) is 0 Å². The summed E-state index contributed by atoms with van der Waals surface area (Å²) in [5, 5.41) is 1.03. The molecule has 1 unspecified atom stereocenters. The maximum Gasteiger partial charge on any atom is 0.293 e. The van der Waals surface area contributed by atoms with E-state index in [-0.39, 0.29) is 5.56 Å². The van der Waals surface area contributed by atoms with Crippen LogP contribution in [0.15, 0.2) is 17.2 Å². The van der Waals surface area contributed by atoms with Gasteiger partial charge in [-0.1, -0.05) is 15.9 Å². The Labute approximate surface area is 110 Å². The molecule has 1 aliphatic heterocycles. The Morgan fingerprint density at radius 3 is 3.18 bits per heavy atom. The number of halogens is 1. The van der Waals surface area contributed by atoms with Crippen molar-refractivity contribution < 1.29 is 0 Å². The second-order valence-corrected chi connectivity index (χ2v) is 5.28. The molecule has 0 bridgehead atoms. The lowest BCUT2D eigenvalue weighted by Crippen LogP contribution is -2.36. The Hall–Kier alpha value is -0.840. The van der Waals surface area contributed by atoms with Gasteiger partial charge in [0, 0.05) is 37.4 Å². The third-order valence-electron chi connectivity index (χ3n) is 3.32. The smallest absolute Gasteiger partial charge is 0.293 e. The van der Waals surface area contributed by atoms with Gasteiger partial charge < -0.3 is 9.47 Å². The Morgan fingerprint density at radius 2 is 2.41 bits per heavy atom. The topological polar surface area (TPSA) is 38.1 Å². The summed E-state index contributed by atoms with van der Waals surface area (Å²) in [5.74, 6) is 0.618. The molecular formula is C12H18BrN3O. The Bertz CT molecular complexity index is 432. The summed E-state index contributed by atoms with van der Waals surface area (Å²) in [5.41, 5.74) is 0.0123. The third kappa shape index (κ3) is 2.70. The van der Waals surface area contributed by atoms with E-state index in [9.17, 15) is 4.79 Å². The van der Waals surface area contributed by atoms with Gasteiger partial charge in [-0.05, 0) is 25.7 Å². The molecule has 1 aromatic heterocycles. The monoisotopic (exact) mass is 299 g/mol. The summed E-state index contributed by atoms with van der Waals surface area (Å²) in [4.78, 5) is 18.5. The van der Waals surface area contributed by atoms with Gasteiger partial charge >= 0.3 is 0 Å². The van der Waals surface area contributed by atoms with Crippen molar-refractivity contribution in [3.63, 3.8) is 0 Å². The first-order chi connectivity index (χ1) is 8.24. The number of rotatable bonds is 4. The summed E-state index contributed by atoms with van der Waals surface area (Å²) >= 11 is 3.46. The van der Waals surface area contributed by atoms with Crippen LogP contribution in [0, 0.1) is 0 Å². The van der Waals surface area contributed by atoms with Gasteiger partial charge in [0.05, 0.1) is 0 Å². The number of nitrogens with zero attached hydrogens (tertiary/aromatic N) is 3. The average Bonchev–Trinajstić information content (AvgIpc) is 2.78. The summed E-state index contributed by atoms with van der Waals surface area (Å²) in [7, 11) is 1.77. The number of aromatic nitrogens is 2. The standard InChI is InChI=1S/C12H18BrN3O/c1-15-9-7-14-11(12(15)17)16-8-3-5-10(16)4-2-6-13/h7,9-10H,2-6,8H2,1H3. The van der Waals surface area contributed by atoms with Crippen molar-refractivity contribution in [2.24, 2.45) is 7.05 Å². The van der Waals surface area contributed by atoms with Gasteiger partial charge in [0.25, 0.3) is 5.56 Å². The van der Waals surface area contributed by atoms with E-state index in [4.69, 9.17) is 0 Å². The van der Waals surface area contributed by atoms with Crippen molar-refractivity contribution in [3.8, 4) is 0 Å². The Morgan fingerprint density at radius 1 is 1.59 bits per heavy atom. The van der Waals surface area contributed by atoms with Crippen LogP contribution in [-0.4, -0.2) is 27.5 Å². The summed E-state index contributed by atoms with van der Waals surface area (Å²) in [6, 6.07) is 0.482. The minimum absolute atomic E-state index is 0.0123. The van der Waals surface area contributed by atoms with E-state index in [1.54, 1.807) is 24.0 Å². The summed E-state index contributed by atoms with van der Waals surface area (Å²) in [6.07, 6.45) is 8.02. The fraction of sp³-hybridized carbons (Fsp3) is 0.667. The van der Waals surface area contributed by atoms with Crippen molar-refractivity contribution >= 4 is 21.7 Å². The molecule has 0 N–H and O–H groups in total. The average molecular weight is 300 g/mol. The van der Waals surface area contributed by atoms with Gasteiger partial charge in [0.2, 0.25) is 0 Å². The summed E-state index contributed by atoms with van der Waals surface area (Å²) in [6.45, 7) is 0.958. The zero-order valence-electron chi connectivity index (χ0n) is 10.1. The summed E-state index contributed by atoms with van der Waals surface area (Å²) < 4.78 is 1.60. The van der Waals surface area contributed by atoms with Crippen LogP contribution in [0.4, 0.5) is 5.82 Å². The molecular weight excluding hydrogens is 282 g/mol. The van der Waals surface area contributed by atoms with Crippen LogP contribution in [0.3, 0.4) is 0 Å². The van der Waals surface area contributed by atoms with Crippen molar-refractivity contribution in [2.75, 3.05) is 16.8 Å². The highest BCUT2D eigenvalue weighted by Crippen LogP contribution is 2.24. The predicted octanol–water partition coefficient (Wildman–Crippen LogP) is 1.92. The van der Waals surface area contributed by atoms with Crippen LogP contribution >= 0.6 is 15.9 Å². The van der Waals surface area contributed by atoms with E-state index in [2.05, 4.69) is 25.8 Å². The van der Waals surface area contributed by atoms with Gasteiger partial charge in [-0.2, -0.15) is 0 Å². The van der Waals surface area contributed by atoms with E-state index in [0.29, 0.717) is 11.9 Å². The first-order valence-electron chi connectivity index (χ1n) is 6.08. The molecule has 2 heterocycles. The van der Waals surface area contributed by atoms with Crippen molar-refractivity contribution in [1.29, 1.82) is 0 Å². The number of hydrogen-bond donors (Lipinski definition) is 0. The molecule has 0 saturated carbocycles.